The van der Waals surface area contributed by atoms with E-state index in [0.29, 0.717) is 6.10 Å². The number of unbranched alkanes of at least 4 members (excludes halogenated alkanes) is 1. The topological polar surface area (TPSA) is 26.3 Å². The van der Waals surface area contributed by atoms with E-state index in [4.69, 9.17) is 3.07 Å². The van der Waals surface area contributed by atoms with Gasteiger partial charge in [0.15, 0.2) is 0 Å². The maximum atomic E-state index is 10.3. The first-order valence-corrected chi connectivity index (χ1v) is 7.13. The summed E-state index contributed by atoms with van der Waals surface area (Å²) in [6.07, 6.45) is 6.02. The average Bonchev–Trinajstić information content (AvgIpc) is 2.01. The number of hydrogen-bond donors (Lipinski definition) is 0. The molecule has 0 rings (SSSR count). The van der Waals surface area contributed by atoms with E-state index in [0.717, 1.165) is 19.3 Å². The Kier molecular flexibility index (Phi) is 9.09. The molecule has 0 aliphatic rings. The van der Waals surface area contributed by atoms with E-state index in [2.05, 4.69) is 13.8 Å². The Morgan fingerprint density at radius 3 is 2.45 bits per heavy atom. The fraction of sp³-hybridized carbons (Fsp3) is 1.00. The van der Waals surface area contributed by atoms with Crippen LogP contribution in [0.5, 0.6) is 0 Å². The van der Waals surface area contributed by atoms with Crippen molar-refractivity contribution in [2.75, 3.05) is 0 Å². The monoisotopic (exact) mass is 266 g/mol. The molecule has 0 aromatic carbocycles. The van der Waals surface area contributed by atoms with E-state index >= 15 is 0 Å². The van der Waals surface area contributed by atoms with Gasteiger partial charge in [-0.3, -0.25) is 0 Å². The quantitative estimate of drug-likeness (QED) is 0.658. The first-order chi connectivity index (χ1) is 5.35. The van der Waals surface area contributed by atoms with Gasteiger partial charge in [-0.2, -0.15) is 0 Å². The van der Waals surface area contributed by atoms with Gasteiger partial charge in [-0.05, 0) is 0 Å². The van der Waals surface area contributed by atoms with Crippen LogP contribution in [0.1, 0.15) is 46.0 Å². The van der Waals surface area contributed by atoms with E-state index < -0.39 is 21.5 Å². The Labute approximate surface area is 79.9 Å². The van der Waals surface area contributed by atoms with Crippen LogP contribution in [-0.4, -0.2) is 27.6 Å². The molecule has 66 valence electrons. The van der Waals surface area contributed by atoms with Crippen LogP contribution in [0, 0.1) is 0 Å². The number of hydrogen-bond acceptors (Lipinski definition) is 2. The summed E-state index contributed by atoms with van der Waals surface area (Å²) in [5, 5.41) is 0. The van der Waals surface area contributed by atoms with E-state index in [1.807, 2.05) is 0 Å². The summed E-state index contributed by atoms with van der Waals surface area (Å²) in [4.78, 5) is 0. The Bertz CT molecular complexity index is 96.1. The number of rotatable bonds is 7. The van der Waals surface area contributed by atoms with E-state index in [1.54, 1.807) is 0 Å². The molecule has 0 heterocycles. The third-order valence-corrected chi connectivity index (χ3v) is 3.15. The van der Waals surface area contributed by atoms with Gasteiger partial charge >= 0.3 is 79.7 Å². The molecule has 0 amide bonds. The molecule has 2 nitrogen and oxygen atoms in total. The first kappa shape index (κ1) is 11.6. The molecule has 1 atom stereocenters. The molecule has 0 bridgehead atoms. The maximum absolute atomic E-state index is 10.3. The summed E-state index contributed by atoms with van der Waals surface area (Å²) in [6.45, 7) is 4.31. The van der Waals surface area contributed by atoms with Gasteiger partial charge in [-0.15, -0.1) is 0 Å². The molecule has 0 aromatic rings. The zero-order valence-electron chi connectivity index (χ0n) is 7.51. The molecule has 0 aromatic heterocycles. The Morgan fingerprint density at radius 2 is 2.00 bits per heavy atom. The van der Waals surface area contributed by atoms with Crippen molar-refractivity contribution in [2.24, 2.45) is 0 Å². The van der Waals surface area contributed by atoms with Crippen LogP contribution >= 0.6 is 0 Å². The van der Waals surface area contributed by atoms with Gasteiger partial charge in [0.05, 0.1) is 0 Å². The standard InChI is InChI=1S/C8H17O.O.Sn.H/c1-3-5-7-8(9)6-4-2;;;/h8H,3-7H2,1-2H3;;;/q-1;;+1;. The summed E-state index contributed by atoms with van der Waals surface area (Å²) in [5.74, 6) is 0. The Morgan fingerprint density at radius 1 is 1.27 bits per heavy atom. The Balaban J connectivity index is 3.41. The van der Waals surface area contributed by atoms with Crippen molar-refractivity contribution >= 4 is 21.5 Å². The SMILES string of the molecule is CCCCC(CCC)[O][SnH]=[O]. The van der Waals surface area contributed by atoms with Crippen LogP contribution in [0.25, 0.3) is 0 Å². The van der Waals surface area contributed by atoms with Crippen molar-refractivity contribution in [1.29, 1.82) is 0 Å². The zero-order valence-corrected chi connectivity index (χ0v) is 10.8. The second-order valence-corrected chi connectivity index (χ2v) is 4.11. The van der Waals surface area contributed by atoms with Crippen molar-refractivity contribution in [3.8, 4) is 0 Å². The summed E-state index contributed by atoms with van der Waals surface area (Å²) in [5.41, 5.74) is 0. The third-order valence-electron chi connectivity index (χ3n) is 1.74. The summed E-state index contributed by atoms with van der Waals surface area (Å²) in [7, 11) is 0. The molecule has 1 unspecified atom stereocenters. The predicted octanol–water partition coefficient (Wildman–Crippen LogP) is 2.06. The molecule has 3 heteroatoms. The van der Waals surface area contributed by atoms with E-state index in [1.165, 1.54) is 12.8 Å². The van der Waals surface area contributed by atoms with Gasteiger partial charge in [0.25, 0.3) is 0 Å². The average molecular weight is 265 g/mol. The van der Waals surface area contributed by atoms with Crippen LogP contribution in [0.15, 0.2) is 0 Å². The molecule has 0 N–H and O–H groups in total. The van der Waals surface area contributed by atoms with E-state index in [9.17, 15) is 3.08 Å². The van der Waals surface area contributed by atoms with Gasteiger partial charge in [0.2, 0.25) is 0 Å². The second kappa shape index (κ2) is 8.65. The van der Waals surface area contributed by atoms with Crippen LogP contribution in [0.4, 0.5) is 0 Å². The fourth-order valence-electron chi connectivity index (χ4n) is 1.11. The molecule has 11 heavy (non-hydrogen) atoms. The minimum absolute atomic E-state index is 0.304. The molecule has 0 fully saturated rings. The van der Waals surface area contributed by atoms with Crippen LogP contribution in [-0.2, 0) is 6.15 Å². The molecule has 0 aliphatic carbocycles. The van der Waals surface area contributed by atoms with Crippen molar-refractivity contribution < 1.29 is 6.15 Å². The molecular weight excluding hydrogens is 247 g/mol. The molecule has 0 saturated carbocycles. The molecular formula is C8H18O2Sn. The van der Waals surface area contributed by atoms with Gasteiger partial charge in [-0.1, -0.05) is 0 Å². The molecule has 0 spiro atoms. The fourth-order valence-corrected chi connectivity index (χ4v) is 2.34. The normalized spacial score (nSPS) is 12.9. The first-order valence-electron chi connectivity index (χ1n) is 4.44. The second-order valence-electron chi connectivity index (χ2n) is 2.79. The zero-order chi connectivity index (χ0) is 8.53. The van der Waals surface area contributed by atoms with E-state index in [-0.39, 0.29) is 0 Å². The van der Waals surface area contributed by atoms with Crippen LogP contribution in [0.2, 0.25) is 0 Å². The molecule has 0 radical (unpaired) electrons. The molecule has 0 aliphatic heterocycles. The Hall–Kier alpha value is 0.559. The molecule has 0 saturated heterocycles. The predicted molar refractivity (Wildman–Crippen MR) is 47.1 cm³/mol. The van der Waals surface area contributed by atoms with Crippen molar-refractivity contribution in [3.05, 3.63) is 0 Å². The summed E-state index contributed by atoms with van der Waals surface area (Å²) < 4.78 is 15.6. The van der Waals surface area contributed by atoms with Crippen molar-refractivity contribution in [3.63, 3.8) is 0 Å². The van der Waals surface area contributed by atoms with Crippen molar-refractivity contribution in [1.82, 2.24) is 0 Å². The van der Waals surface area contributed by atoms with Crippen LogP contribution < -0.4 is 0 Å². The van der Waals surface area contributed by atoms with Gasteiger partial charge in [-0.25, -0.2) is 0 Å². The van der Waals surface area contributed by atoms with Gasteiger partial charge in [0, 0.05) is 0 Å². The van der Waals surface area contributed by atoms with Gasteiger partial charge < -0.3 is 0 Å². The minimum atomic E-state index is -1.82. The third kappa shape index (κ3) is 6.94. The van der Waals surface area contributed by atoms with Crippen LogP contribution in [0.3, 0.4) is 0 Å². The summed E-state index contributed by atoms with van der Waals surface area (Å²) in [6, 6.07) is 0. The van der Waals surface area contributed by atoms with Gasteiger partial charge in [0.1, 0.15) is 0 Å². The summed E-state index contributed by atoms with van der Waals surface area (Å²) >= 11 is -1.82. The van der Waals surface area contributed by atoms with Crippen molar-refractivity contribution in [2.45, 2.75) is 52.1 Å².